The topological polar surface area (TPSA) is 83.6 Å². The van der Waals surface area contributed by atoms with E-state index in [0.29, 0.717) is 31.4 Å². The molecule has 0 radical (unpaired) electrons. The third-order valence-corrected chi connectivity index (χ3v) is 8.67. The van der Waals surface area contributed by atoms with Crippen molar-refractivity contribution in [1.29, 1.82) is 0 Å². The van der Waals surface area contributed by atoms with Crippen LogP contribution in [0, 0.1) is 11.7 Å². The molecular formula is C23H23FN2O4S. The molecule has 1 spiro atoms. The lowest BCUT2D eigenvalue weighted by molar-refractivity contribution is -0.138. The number of benzene rings is 2. The van der Waals surface area contributed by atoms with Gasteiger partial charge in [0.2, 0.25) is 11.8 Å². The van der Waals surface area contributed by atoms with Gasteiger partial charge in [-0.15, -0.1) is 0 Å². The fraction of sp³-hybridized carbons (Fsp3) is 0.391. The van der Waals surface area contributed by atoms with E-state index in [1.807, 2.05) is 24.3 Å². The highest BCUT2D eigenvalue weighted by Gasteiger charge is 2.59. The Morgan fingerprint density at radius 3 is 2.45 bits per heavy atom. The average molecular weight is 443 g/mol. The zero-order chi connectivity index (χ0) is 21.8. The summed E-state index contributed by atoms with van der Waals surface area (Å²) in [6, 6.07) is 12.9. The first-order valence-corrected chi connectivity index (χ1v) is 12.3. The monoisotopic (exact) mass is 442 g/mol. The lowest BCUT2D eigenvalue weighted by atomic mass is 9.72. The van der Waals surface area contributed by atoms with Gasteiger partial charge >= 0.3 is 0 Å². The Balaban J connectivity index is 1.58. The SMILES string of the molecule is O=C(C1CCS(=O)(=O)CC1)N1CC[C@]2(C(=O)Nc3ccccc32)[C@@H]1c1ccc(F)cc1. The average Bonchev–Trinajstić information content (AvgIpc) is 3.28. The summed E-state index contributed by atoms with van der Waals surface area (Å²) in [5, 5.41) is 2.96. The molecule has 1 N–H and O–H groups in total. The fourth-order valence-corrected chi connectivity index (χ4v) is 6.90. The molecular weight excluding hydrogens is 419 g/mol. The van der Waals surface area contributed by atoms with Crippen LogP contribution in [-0.4, -0.2) is 43.2 Å². The van der Waals surface area contributed by atoms with Crippen LogP contribution in [0.1, 0.15) is 36.4 Å². The molecule has 8 heteroatoms. The third kappa shape index (κ3) is 3.15. The molecule has 2 fully saturated rings. The van der Waals surface area contributed by atoms with Crippen LogP contribution >= 0.6 is 0 Å². The molecule has 31 heavy (non-hydrogen) atoms. The largest absolute Gasteiger partial charge is 0.334 e. The molecule has 2 saturated heterocycles. The highest BCUT2D eigenvalue weighted by atomic mass is 32.2. The van der Waals surface area contributed by atoms with Crippen molar-refractivity contribution in [2.45, 2.75) is 30.7 Å². The highest BCUT2D eigenvalue weighted by molar-refractivity contribution is 7.91. The minimum atomic E-state index is -3.09. The number of carbonyl (C=O) groups is 2. The number of nitrogens with one attached hydrogen (secondary N) is 1. The summed E-state index contributed by atoms with van der Waals surface area (Å²) in [6.07, 6.45) is 1.04. The summed E-state index contributed by atoms with van der Waals surface area (Å²) in [5.74, 6) is -1.05. The number of amides is 2. The van der Waals surface area contributed by atoms with Crippen LogP contribution in [0.15, 0.2) is 48.5 Å². The van der Waals surface area contributed by atoms with Crippen LogP contribution in [-0.2, 0) is 24.8 Å². The van der Waals surface area contributed by atoms with Gasteiger partial charge in [-0.2, -0.15) is 0 Å². The predicted octanol–water partition coefficient (Wildman–Crippen LogP) is 2.81. The van der Waals surface area contributed by atoms with Crippen molar-refractivity contribution in [1.82, 2.24) is 4.90 Å². The number of sulfone groups is 1. The highest BCUT2D eigenvalue weighted by Crippen LogP contribution is 2.55. The van der Waals surface area contributed by atoms with Gasteiger partial charge in [0, 0.05) is 18.2 Å². The molecule has 5 rings (SSSR count). The second-order valence-corrected chi connectivity index (χ2v) is 10.9. The molecule has 0 bridgehead atoms. The van der Waals surface area contributed by atoms with Crippen molar-refractivity contribution < 1.29 is 22.4 Å². The van der Waals surface area contributed by atoms with Crippen molar-refractivity contribution >= 4 is 27.3 Å². The summed E-state index contributed by atoms with van der Waals surface area (Å²) in [7, 11) is -3.09. The van der Waals surface area contributed by atoms with Gasteiger partial charge in [-0.05, 0) is 48.6 Å². The zero-order valence-corrected chi connectivity index (χ0v) is 17.7. The second-order valence-electron chi connectivity index (χ2n) is 8.63. The Morgan fingerprint density at radius 2 is 1.74 bits per heavy atom. The minimum Gasteiger partial charge on any atom is -0.334 e. The van der Waals surface area contributed by atoms with Gasteiger partial charge in [0.15, 0.2) is 0 Å². The van der Waals surface area contributed by atoms with Gasteiger partial charge in [-0.1, -0.05) is 30.3 Å². The standard InChI is InChI=1S/C23H23FN2O4S/c24-17-7-5-15(6-8-17)20-23(18-3-1-2-4-19(18)25-22(23)28)11-12-26(20)21(27)16-9-13-31(29,30)14-10-16/h1-8,16,20H,9-14H2,(H,25,28)/t20-,23+/m0/s1. The van der Waals surface area contributed by atoms with E-state index in [1.54, 1.807) is 17.0 Å². The number of rotatable bonds is 2. The number of nitrogens with zero attached hydrogens (tertiary/aromatic N) is 1. The number of halogens is 1. The Kier molecular flexibility index (Phi) is 4.66. The van der Waals surface area contributed by atoms with E-state index in [0.717, 1.165) is 11.3 Å². The van der Waals surface area contributed by atoms with Crippen LogP contribution in [0.25, 0.3) is 0 Å². The van der Waals surface area contributed by atoms with Crippen molar-refractivity contribution in [3.05, 3.63) is 65.5 Å². The van der Waals surface area contributed by atoms with Gasteiger partial charge in [0.1, 0.15) is 21.1 Å². The third-order valence-electron chi connectivity index (χ3n) is 6.96. The maximum absolute atomic E-state index is 13.7. The van der Waals surface area contributed by atoms with E-state index >= 15 is 0 Å². The number of anilines is 1. The molecule has 0 saturated carbocycles. The molecule has 0 aliphatic carbocycles. The smallest absolute Gasteiger partial charge is 0.237 e. The predicted molar refractivity (Wildman–Crippen MR) is 114 cm³/mol. The van der Waals surface area contributed by atoms with E-state index in [-0.39, 0.29) is 35.1 Å². The molecule has 3 heterocycles. The van der Waals surface area contributed by atoms with Crippen LogP contribution < -0.4 is 5.32 Å². The summed E-state index contributed by atoms with van der Waals surface area (Å²) in [5.41, 5.74) is 1.32. The molecule has 2 aromatic carbocycles. The second kappa shape index (κ2) is 7.15. The van der Waals surface area contributed by atoms with Crippen LogP contribution in [0.2, 0.25) is 0 Å². The van der Waals surface area contributed by atoms with Crippen molar-refractivity contribution in [3.63, 3.8) is 0 Å². The van der Waals surface area contributed by atoms with Gasteiger partial charge in [-0.25, -0.2) is 12.8 Å². The normalized spacial score (nSPS) is 27.3. The molecule has 2 amide bonds. The summed E-state index contributed by atoms with van der Waals surface area (Å²) >= 11 is 0. The lowest BCUT2D eigenvalue weighted by Crippen LogP contribution is -2.45. The Bertz CT molecular complexity index is 1150. The van der Waals surface area contributed by atoms with E-state index in [2.05, 4.69) is 5.32 Å². The Hall–Kier alpha value is -2.74. The molecule has 2 aromatic rings. The van der Waals surface area contributed by atoms with Gasteiger partial charge in [0.05, 0.1) is 17.5 Å². The van der Waals surface area contributed by atoms with Crippen molar-refractivity contribution in [2.75, 3.05) is 23.4 Å². The molecule has 3 aliphatic rings. The number of hydrogen-bond acceptors (Lipinski definition) is 4. The quantitative estimate of drug-likeness (QED) is 0.775. The number of likely N-dealkylation sites (tertiary alicyclic amines) is 1. The summed E-state index contributed by atoms with van der Waals surface area (Å²) in [4.78, 5) is 28.6. The lowest BCUT2D eigenvalue weighted by Gasteiger charge is -2.36. The van der Waals surface area contributed by atoms with E-state index < -0.39 is 21.3 Å². The summed E-state index contributed by atoms with van der Waals surface area (Å²) < 4.78 is 37.3. The van der Waals surface area contributed by atoms with Crippen LogP contribution in [0.3, 0.4) is 0 Å². The minimum absolute atomic E-state index is 0.00687. The Morgan fingerprint density at radius 1 is 1.06 bits per heavy atom. The maximum Gasteiger partial charge on any atom is 0.237 e. The van der Waals surface area contributed by atoms with E-state index in [9.17, 15) is 22.4 Å². The number of hydrogen-bond donors (Lipinski definition) is 1. The zero-order valence-electron chi connectivity index (χ0n) is 16.9. The molecule has 0 aromatic heterocycles. The first-order chi connectivity index (χ1) is 14.8. The van der Waals surface area contributed by atoms with Crippen LogP contribution in [0.4, 0.5) is 10.1 Å². The maximum atomic E-state index is 13.7. The Labute approximate surface area is 180 Å². The number of fused-ring (bicyclic) bond motifs is 2. The molecule has 6 nitrogen and oxygen atoms in total. The van der Waals surface area contributed by atoms with E-state index in [4.69, 9.17) is 0 Å². The van der Waals surface area contributed by atoms with Gasteiger partial charge in [0.25, 0.3) is 0 Å². The van der Waals surface area contributed by atoms with Crippen LogP contribution in [0.5, 0.6) is 0 Å². The fourth-order valence-electron chi connectivity index (χ4n) is 5.40. The molecule has 3 aliphatic heterocycles. The molecule has 0 unspecified atom stereocenters. The van der Waals surface area contributed by atoms with Crippen molar-refractivity contribution in [3.8, 4) is 0 Å². The van der Waals surface area contributed by atoms with Crippen molar-refractivity contribution in [2.24, 2.45) is 5.92 Å². The van der Waals surface area contributed by atoms with Gasteiger partial charge in [-0.3, -0.25) is 9.59 Å². The van der Waals surface area contributed by atoms with E-state index in [1.165, 1.54) is 12.1 Å². The molecule has 162 valence electrons. The first-order valence-electron chi connectivity index (χ1n) is 10.5. The summed E-state index contributed by atoms with van der Waals surface area (Å²) in [6.45, 7) is 0.381. The number of para-hydroxylation sites is 1. The van der Waals surface area contributed by atoms with Gasteiger partial charge < -0.3 is 10.2 Å². The molecule has 2 atom stereocenters. The number of carbonyl (C=O) groups excluding carboxylic acids is 2. The first kappa shape index (κ1) is 20.2.